The van der Waals surface area contributed by atoms with E-state index in [-0.39, 0.29) is 18.1 Å². The molecule has 0 saturated carbocycles. The van der Waals surface area contributed by atoms with Crippen LogP contribution >= 0.6 is 0 Å². The molecule has 2 heterocycles. The third kappa shape index (κ3) is 3.42. The lowest BCUT2D eigenvalue weighted by molar-refractivity contribution is -0.0586. The van der Waals surface area contributed by atoms with E-state index in [1.54, 1.807) is 0 Å². The van der Waals surface area contributed by atoms with Crippen molar-refractivity contribution in [1.29, 1.82) is 0 Å². The summed E-state index contributed by atoms with van der Waals surface area (Å²) < 4.78 is 11.1. The van der Waals surface area contributed by atoms with Crippen molar-refractivity contribution in [2.45, 2.75) is 26.1 Å². The van der Waals surface area contributed by atoms with Gasteiger partial charge in [0.25, 0.3) is 5.91 Å². The molecule has 120 valence electrons. The van der Waals surface area contributed by atoms with Gasteiger partial charge in [0.2, 0.25) is 0 Å². The Labute approximate surface area is 131 Å². The summed E-state index contributed by atoms with van der Waals surface area (Å²) in [5.74, 6) is 0.0931. The molecule has 5 nitrogen and oxygen atoms in total. The van der Waals surface area contributed by atoms with Gasteiger partial charge in [-0.1, -0.05) is 0 Å². The quantitative estimate of drug-likeness (QED) is 0.835. The van der Waals surface area contributed by atoms with Crippen molar-refractivity contribution in [2.24, 2.45) is 0 Å². The normalized spacial score (nSPS) is 26.1. The fourth-order valence-corrected chi connectivity index (χ4v) is 3.16. The molecule has 3 rings (SSSR count). The van der Waals surface area contributed by atoms with Crippen LogP contribution in [-0.2, 0) is 9.47 Å². The summed E-state index contributed by atoms with van der Waals surface area (Å²) in [5.41, 5.74) is 1.90. The van der Waals surface area contributed by atoms with E-state index < -0.39 is 0 Å². The Balaban J connectivity index is 1.68. The first kappa shape index (κ1) is 15.3. The van der Waals surface area contributed by atoms with Crippen LogP contribution in [0, 0.1) is 0 Å². The molecule has 0 radical (unpaired) electrons. The number of nitrogens with zero attached hydrogens (tertiary/aromatic N) is 2. The second-order valence-corrected chi connectivity index (χ2v) is 6.11. The molecule has 2 aliphatic rings. The van der Waals surface area contributed by atoms with Gasteiger partial charge >= 0.3 is 0 Å². The third-order valence-corrected chi connectivity index (χ3v) is 4.20. The highest BCUT2D eigenvalue weighted by Gasteiger charge is 2.26. The molecule has 1 aromatic carbocycles. The average Bonchev–Trinajstić information content (AvgIpc) is 2.54. The lowest BCUT2D eigenvalue weighted by Gasteiger charge is -2.35. The summed E-state index contributed by atoms with van der Waals surface area (Å²) in [6, 6.07) is 7.92. The van der Waals surface area contributed by atoms with Gasteiger partial charge in [-0.15, -0.1) is 0 Å². The Hall–Kier alpha value is -1.59. The minimum absolute atomic E-state index is 0.0931. The standard InChI is InChI=1S/C17H24N2O3/c1-13-11-19(12-14(2)22-13)17(20)15-3-5-16(6-4-15)18-7-9-21-10-8-18/h3-6,13-14H,7-12H2,1-2H3/t13-,14-/m0/s1. The molecular formula is C17H24N2O3. The van der Waals surface area contributed by atoms with Crippen LogP contribution in [0.25, 0.3) is 0 Å². The third-order valence-electron chi connectivity index (χ3n) is 4.20. The predicted molar refractivity (Wildman–Crippen MR) is 85.4 cm³/mol. The number of carbonyl (C=O) groups is 1. The molecule has 2 atom stereocenters. The number of anilines is 1. The van der Waals surface area contributed by atoms with E-state index in [9.17, 15) is 4.79 Å². The van der Waals surface area contributed by atoms with Crippen molar-refractivity contribution in [2.75, 3.05) is 44.3 Å². The van der Waals surface area contributed by atoms with Crippen LogP contribution < -0.4 is 4.90 Å². The molecule has 1 aromatic rings. The van der Waals surface area contributed by atoms with Crippen LogP contribution in [0.1, 0.15) is 24.2 Å². The van der Waals surface area contributed by atoms with Gasteiger partial charge in [-0.05, 0) is 38.1 Å². The van der Waals surface area contributed by atoms with Gasteiger partial charge in [0.05, 0.1) is 25.4 Å². The number of rotatable bonds is 2. The Bertz CT molecular complexity index is 501. The summed E-state index contributed by atoms with van der Waals surface area (Å²) in [7, 11) is 0. The zero-order chi connectivity index (χ0) is 15.5. The van der Waals surface area contributed by atoms with Gasteiger partial charge < -0.3 is 19.3 Å². The number of hydrogen-bond acceptors (Lipinski definition) is 4. The van der Waals surface area contributed by atoms with Crippen molar-refractivity contribution in [3.8, 4) is 0 Å². The second kappa shape index (κ2) is 6.67. The largest absolute Gasteiger partial charge is 0.378 e. The van der Waals surface area contributed by atoms with Crippen LogP contribution in [0.3, 0.4) is 0 Å². The van der Waals surface area contributed by atoms with Crippen LogP contribution in [0.15, 0.2) is 24.3 Å². The second-order valence-electron chi connectivity index (χ2n) is 6.11. The zero-order valence-corrected chi connectivity index (χ0v) is 13.3. The van der Waals surface area contributed by atoms with E-state index in [0.717, 1.165) is 37.6 Å². The lowest BCUT2D eigenvalue weighted by atomic mass is 10.1. The number of benzene rings is 1. The summed E-state index contributed by atoms with van der Waals surface area (Å²) >= 11 is 0. The Kier molecular flexibility index (Phi) is 4.64. The number of carbonyl (C=O) groups excluding carboxylic acids is 1. The fraction of sp³-hybridized carbons (Fsp3) is 0.588. The van der Waals surface area contributed by atoms with E-state index in [0.29, 0.717) is 13.1 Å². The van der Waals surface area contributed by atoms with E-state index >= 15 is 0 Å². The molecule has 2 fully saturated rings. The molecule has 0 N–H and O–H groups in total. The summed E-state index contributed by atoms with van der Waals surface area (Å²) in [6.07, 6.45) is 0.195. The van der Waals surface area contributed by atoms with Crippen molar-refractivity contribution in [3.63, 3.8) is 0 Å². The van der Waals surface area contributed by atoms with E-state index in [1.165, 1.54) is 0 Å². The minimum Gasteiger partial charge on any atom is -0.378 e. The first-order chi connectivity index (χ1) is 10.6. The SMILES string of the molecule is C[C@H]1CN(C(=O)c2ccc(N3CCOCC3)cc2)C[C@H](C)O1. The number of ether oxygens (including phenoxy) is 2. The van der Waals surface area contributed by atoms with Crippen LogP contribution in [-0.4, -0.2) is 62.4 Å². The van der Waals surface area contributed by atoms with Crippen LogP contribution in [0.2, 0.25) is 0 Å². The smallest absolute Gasteiger partial charge is 0.254 e. The van der Waals surface area contributed by atoms with Gasteiger partial charge in [-0.25, -0.2) is 0 Å². The monoisotopic (exact) mass is 304 g/mol. The highest BCUT2D eigenvalue weighted by Crippen LogP contribution is 2.19. The number of amides is 1. The zero-order valence-electron chi connectivity index (χ0n) is 13.3. The van der Waals surface area contributed by atoms with Gasteiger partial charge in [-0.3, -0.25) is 4.79 Å². The minimum atomic E-state index is 0.0931. The first-order valence-corrected chi connectivity index (χ1v) is 8.01. The average molecular weight is 304 g/mol. The highest BCUT2D eigenvalue weighted by atomic mass is 16.5. The molecule has 0 aromatic heterocycles. The van der Waals surface area contributed by atoms with Gasteiger partial charge in [-0.2, -0.15) is 0 Å². The molecule has 0 aliphatic carbocycles. The first-order valence-electron chi connectivity index (χ1n) is 8.01. The summed E-state index contributed by atoms with van der Waals surface area (Å²) in [6.45, 7) is 8.70. The summed E-state index contributed by atoms with van der Waals surface area (Å²) in [4.78, 5) is 16.8. The Morgan fingerprint density at radius 3 is 2.23 bits per heavy atom. The van der Waals surface area contributed by atoms with Crippen molar-refractivity contribution in [3.05, 3.63) is 29.8 Å². The van der Waals surface area contributed by atoms with Crippen LogP contribution in [0.4, 0.5) is 5.69 Å². The molecule has 0 spiro atoms. The molecular weight excluding hydrogens is 280 g/mol. The van der Waals surface area contributed by atoms with E-state index in [4.69, 9.17) is 9.47 Å². The maximum atomic E-state index is 12.6. The van der Waals surface area contributed by atoms with Gasteiger partial charge in [0.15, 0.2) is 0 Å². The van der Waals surface area contributed by atoms with Crippen molar-refractivity contribution < 1.29 is 14.3 Å². The topological polar surface area (TPSA) is 42.0 Å². The van der Waals surface area contributed by atoms with Gasteiger partial charge in [0, 0.05) is 37.4 Å². The molecule has 5 heteroatoms. The van der Waals surface area contributed by atoms with Gasteiger partial charge in [0.1, 0.15) is 0 Å². The highest BCUT2D eigenvalue weighted by molar-refractivity contribution is 5.94. The summed E-state index contributed by atoms with van der Waals surface area (Å²) in [5, 5.41) is 0. The Morgan fingerprint density at radius 1 is 1.05 bits per heavy atom. The molecule has 2 saturated heterocycles. The van der Waals surface area contributed by atoms with Crippen molar-refractivity contribution >= 4 is 11.6 Å². The molecule has 0 unspecified atom stereocenters. The maximum Gasteiger partial charge on any atom is 0.254 e. The molecule has 22 heavy (non-hydrogen) atoms. The fourth-order valence-electron chi connectivity index (χ4n) is 3.16. The predicted octanol–water partition coefficient (Wildman–Crippen LogP) is 1.77. The van der Waals surface area contributed by atoms with E-state index in [2.05, 4.69) is 4.90 Å². The van der Waals surface area contributed by atoms with E-state index in [1.807, 2.05) is 43.0 Å². The van der Waals surface area contributed by atoms with Crippen LogP contribution in [0.5, 0.6) is 0 Å². The lowest BCUT2D eigenvalue weighted by Crippen LogP contribution is -2.48. The maximum absolute atomic E-state index is 12.6. The number of hydrogen-bond donors (Lipinski definition) is 0. The van der Waals surface area contributed by atoms with Crippen molar-refractivity contribution in [1.82, 2.24) is 4.90 Å². The molecule has 2 aliphatic heterocycles. The molecule has 1 amide bonds. The molecule has 0 bridgehead atoms. The number of morpholine rings is 2. The Morgan fingerprint density at radius 2 is 1.64 bits per heavy atom.